The monoisotopic (exact) mass is 154 g/mol. The minimum Gasteiger partial charge on any atom is -1.00 e. The number of carbonyl (C=O) groups is 2. The van der Waals surface area contributed by atoms with Crippen LogP contribution in [0.25, 0.3) is 0 Å². The molecular weight excluding hydrogens is 143 g/mol. The van der Waals surface area contributed by atoms with Crippen LogP contribution in [0.3, 0.4) is 0 Å². The third-order valence-electron chi connectivity index (χ3n) is 1.17. The van der Waals surface area contributed by atoms with Gasteiger partial charge in [0.15, 0.2) is 5.92 Å². The topological polar surface area (TPSA) is 74.6 Å². The Morgan fingerprint density at radius 3 is 1.82 bits per heavy atom. The predicted octanol–water partition coefficient (Wildman–Crippen LogP) is -2.31. The van der Waals surface area contributed by atoms with Gasteiger partial charge in [0.2, 0.25) is 0 Å². The Morgan fingerprint density at radius 2 is 1.73 bits per heavy atom. The average Bonchev–Trinajstić information content (AvgIpc) is 1.81. The van der Waals surface area contributed by atoms with Gasteiger partial charge in [-0.15, -0.1) is 0 Å². The van der Waals surface area contributed by atoms with E-state index >= 15 is 0 Å². The van der Waals surface area contributed by atoms with Gasteiger partial charge in [-0.3, -0.25) is 9.59 Å². The molecule has 0 heterocycles. The van der Waals surface area contributed by atoms with Crippen molar-refractivity contribution in [2.24, 2.45) is 5.92 Å². The van der Waals surface area contributed by atoms with E-state index < -0.39 is 17.9 Å². The molecule has 4 nitrogen and oxygen atoms in total. The molecule has 5 heteroatoms. The molecule has 0 saturated heterocycles. The molecule has 0 aromatic rings. The number of rotatable bonds is 4. The molecule has 0 rings (SSSR count). The molecule has 0 aliphatic rings. The molecule has 0 saturated carbocycles. The second-order valence-corrected chi connectivity index (χ2v) is 2.02. The van der Waals surface area contributed by atoms with Crippen molar-refractivity contribution in [1.29, 1.82) is 0 Å². The molecule has 0 amide bonds. The van der Waals surface area contributed by atoms with Gasteiger partial charge in [0, 0.05) is 0 Å². The van der Waals surface area contributed by atoms with Crippen LogP contribution in [0.5, 0.6) is 0 Å². The van der Waals surface area contributed by atoms with E-state index in [1.165, 1.54) is 0 Å². The van der Waals surface area contributed by atoms with Crippen LogP contribution in [0.15, 0.2) is 0 Å². The number of carboxylic acids is 2. The van der Waals surface area contributed by atoms with Crippen LogP contribution in [0.4, 0.5) is 0 Å². The fourth-order valence-corrected chi connectivity index (χ4v) is 0.641. The van der Waals surface area contributed by atoms with Crippen molar-refractivity contribution in [3.05, 3.63) is 0 Å². The van der Waals surface area contributed by atoms with Gasteiger partial charge in [-0.2, -0.15) is 0 Å². The Kier molecular flexibility index (Phi) is 7.48. The second-order valence-electron chi connectivity index (χ2n) is 2.02. The normalized spacial score (nSPS) is 8.91. The van der Waals surface area contributed by atoms with Gasteiger partial charge >= 0.3 is 30.8 Å². The van der Waals surface area contributed by atoms with Crippen molar-refractivity contribution in [3.8, 4) is 0 Å². The summed E-state index contributed by atoms with van der Waals surface area (Å²) in [5.74, 6) is -3.74. The fraction of sp³-hybridized carbons (Fsp3) is 0.667. The number of carboxylic acid groups (broad SMARTS) is 2. The van der Waals surface area contributed by atoms with Crippen LogP contribution in [0.1, 0.15) is 21.2 Å². The largest absolute Gasteiger partial charge is 1.00 e. The zero-order chi connectivity index (χ0) is 8.15. The molecule has 0 spiro atoms. The zero-order valence-electron chi connectivity index (χ0n) is 7.70. The van der Waals surface area contributed by atoms with E-state index in [1.54, 1.807) is 6.92 Å². The van der Waals surface area contributed by atoms with Gasteiger partial charge in [0.1, 0.15) is 0 Å². The van der Waals surface area contributed by atoms with E-state index in [0.29, 0.717) is 6.42 Å². The smallest absolute Gasteiger partial charge is 1.00 e. The molecule has 0 unspecified atom stereocenters. The first-order valence-electron chi connectivity index (χ1n) is 3.05. The summed E-state index contributed by atoms with van der Waals surface area (Å²) in [6.45, 7) is 1.75. The summed E-state index contributed by atoms with van der Waals surface area (Å²) in [7, 11) is 0. The number of hydrogen-bond acceptors (Lipinski definition) is 2. The third-order valence-corrected chi connectivity index (χ3v) is 1.17. The minimum absolute atomic E-state index is 0. The molecule has 0 aromatic heterocycles. The van der Waals surface area contributed by atoms with Gasteiger partial charge in [-0.05, 0) is 6.42 Å². The van der Waals surface area contributed by atoms with E-state index in [-0.39, 0.29) is 26.7 Å². The second kappa shape index (κ2) is 6.26. The van der Waals surface area contributed by atoms with E-state index in [4.69, 9.17) is 10.2 Å². The molecule has 2 N–H and O–H groups in total. The van der Waals surface area contributed by atoms with Crippen molar-refractivity contribution in [3.63, 3.8) is 0 Å². The molecule has 0 fully saturated rings. The van der Waals surface area contributed by atoms with Crippen molar-refractivity contribution in [2.75, 3.05) is 0 Å². The van der Waals surface area contributed by atoms with E-state index in [2.05, 4.69) is 0 Å². The Balaban J connectivity index is -0.000000405. The molecule has 0 aliphatic carbocycles. The van der Waals surface area contributed by atoms with Crippen LogP contribution in [-0.4, -0.2) is 22.2 Å². The molecule has 0 atom stereocenters. The molecule has 11 heavy (non-hydrogen) atoms. The summed E-state index contributed by atoms with van der Waals surface area (Å²) in [5.41, 5.74) is 0. The molecule has 0 bridgehead atoms. The maximum absolute atomic E-state index is 10.2. The Hall–Kier alpha value is -0.463. The van der Waals surface area contributed by atoms with Gasteiger partial charge in [0.05, 0.1) is 0 Å². The first-order chi connectivity index (χ1) is 4.59. The summed E-state index contributed by atoms with van der Waals surface area (Å²) in [5, 5.41) is 16.6. The van der Waals surface area contributed by atoms with E-state index in [0.717, 1.165) is 0 Å². The van der Waals surface area contributed by atoms with Gasteiger partial charge in [0.25, 0.3) is 0 Å². The Morgan fingerprint density at radius 1 is 1.36 bits per heavy atom. The van der Waals surface area contributed by atoms with E-state index in [9.17, 15) is 9.59 Å². The molecular formula is C6H11LiO4. The van der Waals surface area contributed by atoms with Crippen molar-refractivity contribution < 1.29 is 40.1 Å². The Bertz CT molecular complexity index is 136. The average molecular weight is 154 g/mol. The number of hydrogen-bond donors (Lipinski definition) is 2. The molecule has 0 aliphatic heterocycles. The van der Waals surface area contributed by atoms with Crippen molar-refractivity contribution in [2.45, 2.75) is 19.8 Å². The van der Waals surface area contributed by atoms with E-state index in [1.807, 2.05) is 0 Å². The zero-order valence-corrected chi connectivity index (χ0v) is 6.70. The summed E-state index contributed by atoms with van der Waals surface area (Å²) >= 11 is 0. The van der Waals surface area contributed by atoms with Crippen LogP contribution < -0.4 is 18.9 Å². The SMILES string of the molecule is CCCC(C(=O)O)C(=O)O.[H-].[Li+]. The predicted molar refractivity (Wildman–Crippen MR) is 34.8 cm³/mol. The summed E-state index contributed by atoms with van der Waals surface area (Å²) < 4.78 is 0. The van der Waals surface area contributed by atoms with Gasteiger partial charge < -0.3 is 11.6 Å². The van der Waals surface area contributed by atoms with Crippen molar-refractivity contribution in [1.82, 2.24) is 0 Å². The maximum Gasteiger partial charge on any atom is 1.00 e. The van der Waals surface area contributed by atoms with Gasteiger partial charge in [-0.25, -0.2) is 0 Å². The summed E-state index contributed by atoms with van der Waals surface area (Å²) in [6, 6.07) is 0. The van der Waals surface area contributed by atoms with Crippen molar-refractivity contribution >= 4 is 11.9 Å². The third kappa shape index (κ3) is 4.88. The molecule has 0 radical (unpaired) electrons. The minimum atomic E-state index is -1.26. The standard InChI is InChI=1S/C6H10O4.Li.H/c1-2-3-4(5(7)8)6(9)10;;/h4H,2-3H2,1H3,(H,7,8)(H,9,10);;/q;+1;-1. The van der Waals surface area contributed by atoms with Crippen LogP contribution in [0.2, 0.25) is 0 Å². The summed E-state index contributed by atoms with van der Waals surface area (Å²) in [6.07, 6.45) is 0.772. The summed E-state index contributed by atoms with van der Waals surface area (Å²) in [4.78, 5) is 20.3. The van der Waals surface area contributed by atoms with Gasteiger partial charge in [-0.1, -0.05) is 13.3 Å². The maximum atomic E-state index is 10.2. The molecule has 60 valence electrons. The first kappa shape index (κ1) is 13.2. The van der Waals surface area contributed by atoms with Crippen LogP contribution in [-0.2, 0) is 9.59 Å². The fourth-order valence-electron chi connectivity index (χ4n) is 0.641. The first-order valence-corrected chi connectivity index (χ1v) is 3.05. The quantitative estimate of drug-likeness (QED) is 0.352. The molecule has 0 aromatic carbocycles. The Labute approximate surface area is 78.3 Å². The van der Waals surface area contributed by atoms with Crippen LogP contribution >= 0.6 is 0 Å². The number of aliphatic carboxylic acids is 2. The van der Waals surface area contributed by atoms with Crippen LogP contribution in [0, 0.1) is 5.92 Å².